The van der Waals surface area contributed by atoms with Crippen LogP contribution in [0.2, 0.25) is 0 Å². The Morgan fingerprint density at radius 1 is 1.47 bits per heavy atom. The Balaban J connectivity index is 2.99. The van der Waals surface area contributed by atoms with Gasteiger partial charge < -0.3 is 16.4 Å². The first kappa shape index (κ1) is 13.4. The van der Waals surface area contributed by atoms with Crippen molar-refractivity contribution in [3.05, 3.63) is 23.8 Å². The smallest absolute Gasteiger partial charge is 0.250 e. The molecule has 0 aliphatic carbocycles. The van der Waals surface area contributed by atoms with Crippen molar-refractivity contribution in [2.45, 2.75) is 32.7 Å². The van der Waals surface area contributed by atoms with Crippen LogP contribution < -0.4 is 16.4 Å². The van der Waals surface area contributed by atoms with E-state index in [1.165, 1.54) is 0 Å². The summed E-state index contributed by atoms with van der Waals surface area (Å²) in [6.45, 7) is 4.31. The van der Waals surface area contributed by atoms with Crippen molar-refractivity contribution in [3.8, 4) is 0 Å². The number of hydrogen-bond acceptors (Lipinski definition) is 3. The van der Waals surface area contributed by atoms with Crippen LogP contribution in [0.4, 0.5) is 11.4 Å². The topological polar surface area (TPSA) is 72.3 Å². The summed E-state index contributed by atoms with van der Waals surface area (Å²) in [6.07, 6.45) is 2.23. The Morgan fingerprint density at radius 3 is 2.65 bits per heavy atom. The third-order valence-electron chi connectivity index (χ3n) is 3.08. The van der Waals surface area contributed by atoms with Crippen LogP contribution in [0.3, 0.4) is 0 Å². The van der Waals surface area contributed by atoms with Crippen LogP contribution in [0.5, 0.6) is 0 Å². The summed E-state index contributed by atoms with van der Waals surface area (Å²) in [5, 5.41) is 0. The van der Waals surface area contributed by atoms with Crippen molar-refractivity contribution >= 4 is 17.3 Å². The largest absolute Gasteiger partial charge is 0.398 e. The molecule has 4 heteroatoms. The quantitative estimate of drug-likeness (QED) is 0.767. The standard InChI is InChI=1S/C13H21N3O/c1-4-5-9(2)16(3)10-6-7-12(14)11(8-10)13(15)17/h6-9H,4-5,14H2,1-3H3,(H2,15,17). The minimum atomic E-state index is -0.485. The molecule has 0 saturated heterocycles. The third-order valence-corrected chi connectivity index (χ3v) is 3.08. The van der Waals surface area contributed by atoms with E-state index in [0.717, 1.165) is 18.5 Å². The van der Waals surface area contributed by atoms with Gasteiger partial charge in [0.2, 0.25) is 0 Å². The molecule has 1 amide bonds. The molecule has 1 aromatic carbocycles. The minimum absolute atomic E-state index is 0.387. The third kappa shape index (κ3) is 3.12. The highest BCUT2D eigenvalue weighted by Crippen LogP contribution is 2.22. The summed E-state index contributed by atoms with van der Waals surface area (Å²) in [4.78, 5) is 13.4. The average Bonchev–Trinajstić information content (AvgIpc) is 2.28. The molecule has 1 unspecified atom stereocenters. The number of nitrogens with two attached hydrogens (primary N) is 2. The fourth-order valence-corrected chi connectivity index (χ4v) is 1.84. The molecule has 4 nitrogen and oxygen atoms in total. The second kappa shape index (κ2) is 5.57. The Hall–Kier alpha value is -1.71. The van der Waals surface area contributed by atoms with Gasteiger partial charge in [0, 0.05) is 24.5 Å². The zero-order valence-corrected chi connectivity index (χ0v) is 10.7. The van der Waals surface area contributed by atoms with Gasteiger partial charge in [-0.2, -0.15) is 0 Å². The van der Waals surface area contributed by atoms with Crippen molar-refractivity contribution in [1.29, 1.82) is 0 Å². The molecular formula is C13H21N3O. The number of carbonyl (C=O) groups excluding carboxylic acids is 1. The first-order chi connectivity index (χ1) is 7.97. The van der Waals surface area contributed by atoms with Gasteiger partial charge in [0.15, 0.2) is 0 Å². The van der Waals surface area contributed by atoms with Gasteiger partial charge in [-0.15, -0.1) is 0 Å². The average molecular weight is 235 g/mol. The van der Waals surface area contributed by atoms with Crippen LogP contribution in [-0.4, -0.2) is 19.0 Å². The number of amides is 1. The molecule has 1 aromatic rings. The molecule has 0 saturated carbocycles. The van der Waals surface area contributed by atoms with Crippen LogP contribution in [0.1, 0.15) is 37.0 Å². The van der Waals surface area contributed by atoms with E-state index >= 15 is 0 Å². The molecule has 0 aliphatic heterocycles. The van der Waals surface area contributed by atoms with Gasteiger partial charge in [0.1, 0.15) is 0 Å². The second-order valence-electron chi connectivity index (χ2n) is 4.38. The van der Waals surface area contributed by atoms with Crippen molar-refractivity contribution < 1.29 is 4.79 Å². The number of rotatable bonds is 5. The zero-order chi connectivity index (χ0) is 13.0. The van der Waals surface area contributed by atoms with E-state index in [4.69, 9.17) is 11.5 Å². The molecule has 0 fully saturated rings. The number of nitrogen functional groups attached to an aromatic ring is 1. The maximum atomic E-state index is 11.2. The van der Waals surface area contributed by atoms with Crippen LogP contribution >= 0.6 is 0 Å². The van der Waals surface area contributed by atoms with Gasteiger partial charge in [-0.25, -0.2) is 0 Å². The normalized spacial score (nSPS) is 12.2. The number of benzene rings is 1. The molecule has 94 valence electrons. The Bertz CT molecular complexity index is 404. The molecule has 0 spiro atoms. The molecule has 0 heterocycles. The number of anilines is 2. The summed E-state index contributed by atoms with van der Waals surface area (Å²) in [6, 6.07) is 5.81. The summed E-state index contributed by atoms with van der Waals surface area (Å²) in [5.74, 6) is -0.485. The van der Waals surface area contributed by atoms with E-state index in [1.807, 2.05) is 13.1 Å². The summed E-state index contributed by atoms with van der Waals surface area (Å²) >= 11 is 0. The first-order valence-electron chi connectivity index (χ1n) is 5.89. The van der Waals surface area contributed by atoms with Gasteiger partial charge in [-0.05, 0) is 31.5 Å². The van der Waals surface area contributed by atoms with E-state index < -0.39 is 5.91 Å². The lowest BCUT2D eigenvalue weighted by molar-refractivity contribution is 0.100. The molecule has 0 aromatic heterocycles. The molecule has 4 N–H and O–H groups in total. The van der Waals surface area contributed by atoms with Gasteiger partial charge in [-0.1, -0.05) is 13.3 Å². The van der Waals surface area contributed by atoms with Crippen molar-refractivity contribution in [1.82, 2.24) is 0 Å². The number of nitrogens with zero attached hydrogens (tertiary/aromatic N) is 1. The van der Waals surface area contributed by atoms with Crippen molar-refractivity contribution in [3.63, 3.8) is 0 Å². The number of hydrogen-bond donors (Lipinski definition) is 2. The predicted molar refractivity (Wildman–Crippen MR) is 72.1 cm³/mol. The number of carbonyl (C=O) groups is 1. The Morgan fingerprint density at radius 2 is 2.12 bits per heavy atom. The highest BCUT2D eigenvalue weighted by Gasteiger charge is 2.12. The second-order valence-corrected chi connectivity index (χ2v) is 4.38. The summed E-state index contributed by atoms with van der Waals surface area (Å²) < 4.78 is 0. The lowest BCUT2D eigenvalue weighted by Gasteiger charge is -2.27. The SMILES string of the molecule is CCCC(C)N(C)c1ccc(N)c(C(N)=O)c1. The number of primary amides is 1. The fraction of sp³-hybridized carbons (Fsp3) is 0.462. The van der Waals surface area contributed by atoms with Gasteiger partial charge in [0.05, 0.1) is 5.56 Å². The molecule has 1 atom stereocenters. The lowest BCUT2D eigenvalue weighted by Crippen LogP contribution is -2.29. The maximum Gasteiger partial charge on any atom is 0.250 e. The maximum absolute atomic E-state index is 11.2. The molecule has 1 rings (SSSR count). The van der Waals surface area contributed by atoms with Crippen LogP contribution in [0, 0.1) is 0 Å². The molecule has 17 heavy (non-hydrogen) atoms. The predicted octanol–water partition coefficient (Wildman–Crippen LogP) is 1.99. The minimum Gasteiger partial charge on any atom is -0.398 e. The Labute approximate surface area is 103 Å². The fourth-order valence-electron chi connectivity index (χ4n) is 1.84. The highest BCUT2D eigenvalue weighted by atomic mass is 16.1. The van der Waals surface area contributed by atoms with Gasteiger partial charge in [0.25, 0.3) is 5.91 Å². The summed E-state index contributed by atoms with van der Waals surface area (Å²) in [7, 11) is 2.01. The molecular weight excluding hydrogens is 214 g/mol. The van der Waals surface area contributed by atoms with Crippen LogP contribution in [0.25, 0.3) is 0 Å². The van der Waals surface area contributed by atoms with E-state index in [-0.39, 0.29) is 0 Å². The Kier molecular flexibility index (Phi) is 4.37. The van der Waals surface area contributed by atoms with E-state index in [0.29, 0.717) is 17.3 Å². The molecule has 0 aliphatic rings. The van der Waals surface area contributed by atoms with Crippen molar-refractivity contribution in [2.75, 3.05) is 17.7 Å². The van der Waals surface area contributed by atoms with Crippen LogP contribution in [0.15, 0.2) is 18.2 Å². The van der Waals surface area contributed by atoms with E-state index in [2.05, 4.69) is 18.7 Å². The van der Waals surface area contributed by atoms with E-state index in [9.17, 15) is 4.79 Å². The molecule has 0 bridgehead atoms. The van der Waals surface area contributed by atoms with Crippen LogP contribution in [-0.2, 0) is 0 Å². The zero-order valence-electron chi connectivity index (χ0n) is 10.7. The van der Waals surface area contributed by atoms with Gasteiger partial charge >= 0.3 is 0 Å². The van der Waals surface area contributed by atoms with Crippen molar-refractivity contribution in [2.24, 2.45) is 5.73 Å². The monoisotopic (exact) mass is 235 g/mol. The van der Waals surface area contributed by atoms with Gasteiger partial charge in [-0.3, -0.25) is 4.79 Å². The van der Waals surface area contributed by atoms with E-state index in [1.54, 1.807) is 12.1 Å². The molecule has 0 radical (unpaired) electrons. The summed E-state index contributed by atoms with van der Waals surface area (Å²) in [5.41, 5.74) is 12.8. The highest BCUT2D eigenvalue weighted by molar-refractivity contribution is 5.99. The first-order valence-corrected chi connectivity index (χ1v) is 5.89. The lowest BCUT2D eigenvalue weighted by atomic mass is 10.1.